The largest absolute Gasteiger partial charge is 0.394 e. The van der Waals surface area contributed by atoms with E-state index in [4.69, 9.17) is 16.3 Å². The molecule has 0 saturated carbocycles. The number of hydrogen-bond acceptors (Lipinski definition) is 4. The first-order valence-corrected chi connectivity index (χ1v) is 7.94. The number of carbonyl (C=O) groups excluding carboxylic acids is 1. The van der Waals surface area contributed by atoms with E-state index >= 15 is 0 Å². The highest BCUT2D eigenvalue weighted by Gasteiger charge is 2.26. The molecule has 1 atom stereocenters. The first-order valence-electron chi connectivity index (χ1n) is 6.57. The number of hydrogen-bond donors (Lipinski definition) is 1. The summed E-state index contributed by atoms with van der Waals surface area (Å²) >= 11 is 7.64. The molecule has 1 aromatic carbocycles. The second kappa shape index (κ2) is 7.88. The van der Waals surface area contributed by atoms with E-state index in [1.807, 2.05) is 24.3 Å². The Morgan fingerprint density at radius 2 is 2.30 bits per heavy atom. The lowest BCUT2D eigenvalue weighted by atomic mass is 10.2. The zero-order valence-electron chi connectivity index (χ0n) is 11.1. The quantitative estimate of drug-likeness (QED) is 0.845. The van der Waals surface area contributed by atoms with Crippen LogP contribution in [0.3, 0.4) is 0 Å². The van der Waals surface area contributed by atoms with Crippen molar-refractivity contribution in [2.24, 2.45) is 0 Å². The minimum absolute atomic E-state index is 0.0522. The third-order valence-corrected chi connectivity index (χ3v) is 4.69. The zero-order chi connectivity index (χ0) is 14.4. The van der Waals surface area contributed by atoms with Crippen LogP contribution < -0.4 is 0 Å². The SMILES string of the molecule is O=C(CCSc1ccccc1Cl)N1CCOCC1CO. The molecule has 1 unspecified atom stereocenters. The maximum absolute atomic E-state index is 12.2. The van der Waals surface area contributed by atoms with E-state index in [0.717, 1.165) is 4.90 Å². The maximum atomic E-state index is 12.2. The van der Waals surface area contributed by atoms with Gasteiger partial charge in [-0.3, -0.25) is 4.79 Å². The van der Waals surface area contributed by atoms with E-state index in [2.05, 4.69) is 0 Å². The minimum Gasteiger partial charge on any atom is -0.394 e. The number of morpholine rings is 1. The van der Waals surface area contributed by atoms with Gasteiger partial charge in [0.25, 0.3) is 0 Å². The molecular weight excluding hydrogens is 298 g/mol. The van der Waals surface area contributed by atoms with Crippen molar-refractivity contribution < 1.29 is 14.6 Å². The summed E-state index contributed by atoms with van der Waals surface area (Å²) in [5.41, 5.74) is 0. The van der Waals surface area contributed by atoms with E-state index in [1.165, 1.54) is 0 Å². The Hall–Kier alpha value is -0.750. The topological polar surface area (TPSA) is 49.8 Å². The lowest BCUT2D eigenvalue weighted by Crippen LogP contribution is -2.50. The van der Waals surface area contributed by atoms with Gasteiger partial charge in [0, 0.05) is 23.6 Å². The number of benzene rings is 1. The number of thioether (sulfide) groups is 1. The van der Waals surface area contributed by atoms with Crippen LogP contribution in [0.15, 0.2) is 29.2 Å². The molecule has 20 heavy (non-hydrogen) atoms. The highest BCUT2D eigenvalue weighted by Crippen LogP contribution is 2.27. The van der Waals surface area contributed by atoms with Gasteiger partial charge >= 0.3 is 0 Å². The average Bonchev–Trinajstić information content (AvgIpc) is 2.49. The molecule has 0 radical (unpaired) electrons. The van der Waals surface area contributed by atoms with E-state index in [0.29, 0.717) is 37.0 Å². The number of aliphatic hydroxyl groups excluding tert-OH is 1. The molecule has 1 amide bonds. The second-order valence-corrected chi connectivity index (χ2v) is 6.07. The first-order chi connectivity index (χ1) is 9.72. The van der Waals surface area contributed by atoms with Gasteiger partial charge in [0.05, 0.1) is 30.9 Å². The van der Waals surface area contributed by atoms with Crippen LogP contribution in [0.1, 0.15) is 6.42 Å². The standard InChI is InChI=1S/C14H18ClNO3S/c15-12-3-1-2-4-13(12)20-8-5-14(18)16-6-7-19-10-11(16)9-17/h1-4,11,17H,5-10H2. The van der Waals surface area contributed by atoms with Crippen LogP contribution in [0, 0.1) is 0 Å². The molecule has 1 aliphatic heterocycles. The van der Waals surface area contributed by atoms with Gasteiger partial charge in [-0.15, -0.1) is 11.8 Å². The summed E-state index contributed by atoms with van der Waals surface area (Å²) in [6.45, 7) is 1.46. The molecule has 0 bridgehead atoms. The summed E-state index contributed by atoms with van der Waals surface area (Å²) < 4.78 is 5.27. The van der Waals surface area contributed by atoms with Gasteiger partial charge in [-0.05, 0) is 12.1 Å². The Morgan fingerprint density at radius 3 is 3.05 bits per heavy atom. The van der Waals surface area contributed by atoms with Gasteiger partial charge in [0.2, 0.25) is 5.91 Å². The number of carbonyl (C=O) groups is 1. The lowest BCUT2D eigenvalue weighted by molar-refractivity contribution is -0.141. The molecule has 4 nitrogen and oxygen atoms in total. The molecule has 110 valence electrons. The van der Waals surface area contributed by atoms with Crippen molar-refractivity contribution in [3.63, 3.8) is 0 Å². The van der Waals surface area contributed by atoms with Gasteiger partial charge in [-0.2, -0.15) is 0 Å². The van der Waals surface area contributed by atoms with E-state index in [9.17, 15) is 9.90 Å². The molecular formula is C14H18ClNO3S. The third kappa shape index (κ3) is 4.12. The second-order valence-electron chi connectivity index (χ2n) is 4.53. The van der Waals surface area contributed by atoms with Crippen LogP contribution in [-0.4, -0.2) is 54.1 Å². The van der Waals surface area contributed by atoms with Crippen LogP contribution in [0.25, 0.3) is 0 Å². The smallest absolute Gasteiger partial charge is 0.223 e. The highest BCUT2D eigenvalue weighted by atomic mass is 35.5. The molecule has 1 saturated heterocycles. The lowest BCUT2D eigenvalue weighted by Gasteiger charge is -2.34. The first kappa shape index (κ1) is 15.6. The van der Waals surface area contributed by atoms with Gasteiger partial charge in [0.1, 0.15) is 0 Å². The van der Waals surface area contributed by atoms with Crippen LogP contribution in [0.4, 0.5) is 0 Å². The average molecular weight is 316 g/mol. The molecule has 0 spiro atoms. The van der Waals surface area contributed by atoms with E-state index in [1.54, 1.807) is 16.7 Å². The van der Waals surface area contributed by atoms with Gasteiger partial charge in [-0.1, -0.05) is 23.7 Å². The summed E-state index contributed by atoms with van der Waals surface area (Å²) in [6, 6.07) is 7.40. The number of ether oxygens (including phenoxy) is 1. The van der Waals surface area contributed by atoms with E-state index in [-0.39, 0.29) is 18.6 Å². The number of amides is 1. The predicted molar refractivity (Wildman–Crippen MR) is 80.2 cm³/mol. The molecule has 1 N–H and O–H groups in total. The monoisotopic (exact) mass is 315 g/mol. The molecule has 6 heteroatoms. The Kier molecular flexibility index (Phi) is 6.16. The van der Waals surface area contributed by atoms with Crippen molar-refractivity contribution in [1.82, 2.24) is 4.90 Å². The number of rotatable bonds is 5. The fourth-order valence-corrected chi connectivity index (χ4v) is 3.26. The molecule has 0 aliphatic carbocycles. The Balaban J connectivity index is 1.81. The fourth-order valence-electron chi connectivity index (χ4n) is 2.09. The predicted octanol–water partition coefficient (Wildman–Crippen LogP) is 2.04. The minimum atomic E-state index is -0.207. The normalized spacial score (nSPS) is 19.1. The molecule has 1 aromatic rings. The van der Waals surface area contributed by atoms with Gasteiger partial charge < -0.3 is 14.7 Å². The number of halogens is 1. The Labute approximate surface area is 128 Å². The van der Waals surface area contributed by atoms with E-state index < -0.39 is 0 Å². The Morgan fingerprint density at radius 1 is 1.50 bits per heavy atom. The summed E-state index contributed by atoms with van der Waals surface area (Å²) in [4.78, 5) is 14.9. The highest BCUT2D eigenvalue weighted by molar-refractivity contribution is 7.99. The number of aliphatic hydroxyl groups is 1. The summed E-state index contributed by atoms with van der Waals surface area (Å²) in [5, 5.41) is 9.97. The fraction of sp³-hybridized carbons (Fsp3) is 0.500. The maximum Gasteiger partial charge on any atom is 0.223 e. The summed E-state index contributed by atoms with van der Waals surface area (Å²) in [6.07, 6.45) is 0.437. The van der Waals surface area contributed by atoms with Crippen molar-refractivity contribution in [1.29, 1.82) is 0 Å². The molecule has 0 aromatic heterocycles. The van der Waals surface area contributed by atoms with Crippen molar-refractivity contribution >= 4 is 29.3 Å². The van der Waals surface area contributed by atoms with Crippen LogP contribution in [0.5, 0.6) is 0 Å². The molecule has 1 aliphatic rings. The van der Waals surface area contributed by atoms with Crippen LogP contribution in [-0.2, 0) is 9.53 Å². The summed E-state index contributed by atoms with van der Waals surface area (Å²) in [5.74, 6) is 0.741. The van der Waals surface area contributed by atoms with Gasteiger partial charge in [0.15, 0.2) is 0 Å². The van der Waals surface area contributed by atoms with Crippen molar-refractivity contribution in [2.75, 3.05) is 32.1 Å². The molecule has 1 heterocycles. The summed E-state index contributed by atoms with van der Waals surface area (Å²) in [7, 11) is 0. The molecule has 2 rings (SSSR count). The van der Waals surface area contributed by atoms with Gasteiger partial charge in [-0.25, -0.2) is 0 Å². The van der Waals surface area contributed by atoms with Crippen LogP contribution >= 0.6 is 23.4 Å². The van der Waals surface area contributed by atoms with Crippen molar-refractivity contribution in [2.45, 2.75) is 17.4 Å². The zero-order valence-corrected chi connectivity index (χ0v) is 12.7. The van der Waals surface area contributed by atoms with Crippen LogP contribution in [0.2, 0.25) is 5.02 Å². The molecule has 1 fully saturated rings. The van der Waals surface area contributed by atoms with Crippen molar-refractivity contribution in [3.8, 4) is 0 Å². The van der Waals surface area contributed by atoms with Crippen molar-refractivity contribution in [3.05, 3.63) is 29.3 Å². The third-order valence-electron chi connectivity index (χ3n) is 3.17. The number of nitrogens with zero attached hydrogens (tertiary/aromatic N) is 1. The Bertz CT molecular complexity index is 458.